The predicted octanol–water partition coefficient (Wildman–Crippen LogP) is 4.23. The van der Waals surface area contributed by atoms with Gasteiger partial charge in [-0.25, -0.2) is 0 Å². The van der Waals surface area contributed by atoms with Gasteiger partial charge in [-0.15, -0.1) is 0 Å². The van der Waals surface area contributed by atoms with E-state index in [9.17, 15) is 0 Å². The van der Waals surface area contributed by atoms with Crippen LogP contribution in [0.25, 0.3) is 0 Å². The number of hydrogen-bond acceptors (Lipinski definition) is 0. The highest BCUT2D eigenvalue weighted by Gasteiger charge is 2.01. The van der Waals surface area contributed by atoms with Crippen molar-refractivity contribution in [3.05, 3.63) is 23.8 Å². The lowest BCUT2D eigenvalue weighted by Gasteiger charge is -2.10. The minimum absolute atomic E-state index is 1.34. The van der Waals surface area contributed by atoms with Gasteiger partial charge in [-0.05, 0) is 32.6 Å². The summed E-state index contributed by atoms with van der Waals surface area (Å²) in [4.78, 5) is 0. The molecule has 1 rings (SSSR count). The molecule has 0 saturated heterocycles. The van der Waals surface area contributed by atoms with Crippen LogP contribution in [0.5, 0.6) is 0 Å². The summed E-state index contributed by atoms with van der Waals surface area (Å²) in [6, 6.07) is 0. The van der Waals surface area contributed by atoms with Crippen LogP contribution in [0.1, 0.15) is 51.9 Å². The monoisotopic (exact) mass is 164 g/mol. The summed E-state index contributed by atoms with van der Waals surface area (Å²) in [6.45, 7) is 2.08. The maximum absolute atomic E-state index is 2.31. The van der Waals surface area contributed by atoms with Gasteiger partial charge in [0.1, 0.15) is 0 Å². The molecule has 1 aliphatic rings. The van der Waals surface area contributed by atoms with E-state index in [1.165, 1.54) is 44.9 Å². The third-order valence-corrected chi connectivity index (χ3v) is 2.52. The summed E-state index contributed by atoms with van der Waals surface area (Å²) in [5.41, 5.74) is 1.66. The lowest BCUT2D eigenvalue weighted by molar-refractivity contribution is 0.568. The van der Waals surface area contributed by atoms with Crippen molar-refractivity contribution in [3.63, 3.8) is 0 Å². The Labute approximate surface area is 76.4 Å². The molecule has 0 bridgehead atoms. The number of allylic oxidation sites excluding steroid dienone is 4. The average Bonchev–Trinajstić information content (AvgIpc) is 2.02. The first kappa shape index (κ1) is 9.57. The Balaban J connectivity index is 2.38. The van der Waals surface area contributed by atoms with Gasteiger partial charge < -0.3 is 0 Å². The van der Waals surface area contributed by atoms with Gasteiger partial charge in [0.25, 0.3) is 0 Å². The Bertz CT molecular complexity index is 153. The molecule has 0 aliphatic heterocycles. The third kappa shape index (κ3) is 3.75. The molecule has 0 amide bonds. The summed E-state index contributed by atoms with van der Waals surface area (Å²) < 4.78 is 0. The van der Waals surface area contributed by atoms with Crippen molar-refractivity contribution in [2.24, 2.45) is 0 Å². The van der Waals surface area contributed by atoms with Gasteiger partial charge >= 0.3 is 0 Å². The minimum atomic E-state index is 1.34. The van der Waals surface area contributed by atoms with Gasteiger partial charge in [-0.3, -0.25) is 0 Å². The quantitative estimate of drug-likeness (QED) is 0.544. The van der Waals surface area contributed by atoms with Gasteiger partial charge in [0, 0.05) is 0 Å². The first-order chi connectivity index (χ1) is 5.93. The highest BCUT2D eigenvalue weighted by atomic mass is 14.1. The van der Waals surface area contributed by atoms with E-state index in [4.69, 9.17) is 0 Å². The third-order valence-electron chi connectivity index (χ3n) is 2.52. The molecule has 0 aromatic rings. The molecule has 0 aromatic heterocycles. The van der Waals surface area contributed by atoms with E-state index in [0.717, 1.165) is 0 Å². The van der Waals surface area contributed by atoms with Gasteiger partial charge in [-0.1, -0.05) is 43.1 Å². The van der Waals surface area contributed by atoms with E-state index in [-0.39, 0.29) is 0 Å². The molecule has 0 radical (unpaired) electrons. The van der Waals surface area contributed by atoms with E-state index in [2.05, 4.69) is 25.2 Å². The van der Waals surface area contributed by atoms with Crippen LogP contribution < -0.4 is 0 Å². The zero-order valence-electron chi connectivity index (χ0n) is 8.18. The second-order valence-electron chi connectivity index (χ2n) is 3.62. The zero-order valence-corrected chi connectivity index (χ0v) is 8.18. The van der Waals surface area contributed by atoms with E-state index in [1.54, 1.807) is 5.57 Å². The molecular weight excluding hydrogens is 144 g/mol. The molecule has 1 fully saturated rings. The molecule has 0 atom stereocenters. The van der Waals surface area contributed by atoms with E-state index in [0.29, 0.717) is 0 Å². The molecule has 0 heteroatoms. The maximum Gasteiger partial charge on any atom is -0.0317 e. The fourth-order valence-corrected chi connectivity index (χ4v) is 1.76. The van der Waals surface area contributed by atoms with Crippen molar-refractivity contribution in [2.45, 2.75) is 51.9 Å². The largest absolute Gasteiger partial charge is 0.0877 e. The number of hydrogen-bond donors (Lipinski definition) is 0. The second kappa shape index (κ2) is 6.05. The smallest absolute Gasteiger partial charge is 0.0317 e. The van der Waals surface area contributed by atoms with Gasteiger partial charge in [-0.2, -0.15) is 0 Å². The standard InChI is InChI=1S/C12H20/c1-2-3-9-12-10-7-5-4-6-8-11-12/h2-3,9H,4-8,10-11H2,1H3. The van der Waals surface area contributed by atoms with Gasteiger partial charge in [0.2, 0.25) is 0 Å². The van der Waals surface area contributed by atoms with Crippen LogP contribution >= 0.6 is 0 Å². The summed E-state index contributed by atoms with van der Waals surface area (Å²) in [5, 5.41) is 0. The van der Waals surface area contributed by atoms with Crippen molar-refractivity contribution in [1.29, 1.82) is 0 Å². The molecule has 0 N–H and O–H groups in total. The highest BCUT2D eigenvalue weighted by Crippen LogP contribution is 2.21. The zero-order chi connectivity index (χ0) is 8.65. The normalized spacial score (nSPS) is 20.6. The van der Waals surface area contributed by atoms with Crippen molar-refractivity contribution in [1.82, 2.24) is 0 Å². The first-order valence-electron chi connectivity index (χ1n) is 5.24. The van der Waals surface area contributed by atoms with Crippen LogP contribution in [-0.4, -0.2) is 0 Å². The molecule has 1 aliphatic carbocycles. The van der Waals surface area contributed by atoms with Gasteiger partial charge in [0.15, 0.2) is 0 Å². The molecule has 68 valence electrons. The molecule has 1 saturated carbocycles. The lowest BCUT2D eigenvalue weighted by atomic mass is 9.96. The Morgan fingerprint density at radius 1 is 0.917 bits per heavy atom. The highest BCUT2D eigenvalue weighted by molar-refractivity contribution is 5.12. The molecule has 0 nitrogen and oxygen atoms in total. The predicted molar refractivity (Wildman–Crippen MR) is 55.2 cm³/mol. The van der Waals surface area contributed by atoms with Crippen LogP contribution in [0.15, 0.2) is 23.8 Å². The van der Waals surface area contributed by atoms with E-state index in [1.807, 2.05) is 0 Å². The summed E-state index contributed by atoms with van der Waals surface area (Å²) in [7, 11) is 0. The molecule has 0 heterocycles. The van der Waals surface area contributed by atoms with Crippen LogP contribution in [0.4, 0.5) is 0 Å². The topological polar surface area (TPSA) is 0 Å². The van der Waals surface area contributed by atoms with Crippen LogP contribution in [0, 0.1) is 0 Å². The van der Waals surface area contributed by atoms with Crippen molar-refractivity contribution in [2.75, 3.05) is 0 Å². The summed E-state index contributed by atoms with van der Waals surface area (Å²) >= 11 is 0. The average molecular weight is 164 g/mol. The maximum atomic E-state index is 2.31. The second-order valence-corrected chi connectivity index (χ2v) is 3.62. The SMILES string of the molecule is CC=CC=C1CCCCCCC1. The van der Waals surface area contributed by atoms with E-state index < -0.39 is 0 Å². The van der Waals surface area contributed by atoms with Crippen molar-refractivity contribution in [3.8, 4) is 0 Å². The molecule has 0 aromatic carbocycles. The van der Waals surface area contributed by atoms with Crippen molar-refractivity contribution >= 4 is 0 Å². The minimum Gasteiger partial charge on any atom is -0.0877 e. The summed E-state index contributed by atoms with van der Waals surface area (Å²) in [5.74, 6) is 0. The molecule has 12 heavy (non-hydrogen) atoms. The Morgan fingerprint density at radius 3 is 2.08 bits per heavy atom. The fourth-order valence-electron chi connectivity index (χ4n) is 1.76. The van der Waals surface area contributed by atoms with Gasteiger partial charge in [0.05, 0.1) is 0 Å². The van der Waals surface area contributed by atoms with E-state index >= 15 is 0 Å². The molecular formula is C12H20. The van der Waals surface area contributed by atoms with Crippen LogP contribution in [0.3, 0.4) is 0 Å². The van der Waals surface area contributed by atoms with Crippen molar-refractivity contribution < 1.29 is 0 Å². The Morgan fingerprint density at radius 2 is 1.50 bits per heavy atom. The van der Waals surface area contributed by atoms with Crippen LogP contribution in [-0.2, 0) is 0 Å². The Kier molecular flexibility index (Phi) is 4.82. The number of rotatable bonds is 1. The first-order valence-corrected chi connectivity index (χ1v) is 5.24. The van der Waals surface area contributed by atoms with Crippen LogP contribution in [0.2, 0.25) is 0 Å². The fraction of sp³-hybridized carbons (Fsp3) is 0.667. The summed E-state index contributed by atoms with van der Waals surface area (Å²) in [6.07, 6.45) is 16.4. The lowest BCUT2D eigenvalue weighted by Crippen LogP contribution is -1.91. The Hall–Kier alpha value is -0.520. The molecule has 0 unspecified atom stereocenters. The molecule has 0 spiro atoms.